The molecule has 0 bridgehead atoms. The summed E-state index contributed by atoms with van der Waals surface area (Å²) in [6.07, 6.45) is 4.13. The first-order valence-electron chi connectivity index (χ1n) is 6.69. The summed E-state index contributed by atoms with van der Waals surface area (Å²) in [7, 11) is -1.44. The van der Waals surface area contributed by atoms with Crippen LogP contribution in [0.1, 0.15) is 25.7 Å². The van der Waals surface area contributed by atoms with Crippen molar-refractivity contribution >= 4 is 15.5 Å². The van der Waals surface area contributed by atoms with Gasteiger partial charge < -0.3 is 15.2 Å². The van der Waals surface area contributed by atoms with Crippen LogP contribution in [0.4, 0.5) is 5.69 Å². The fourth-order valence-electron chi connectivity index (χ4n) is 2.56. The molecule has 1 aromatic carbocycles. The summed E-state index contributed by atoms with van der Waals surface area (Å²) in [6, 6.07) is 5.20. The van der Waals surface area contributed by atoms with Crippen molar-refractivity contribution in [3.05, 3.63) is 18.2 Å². The van der Waals surface area contributed by atoms with Crippen LogP contribution >= 0.6 is 0 Å². The SMILES string of the molecule is COc1ccc(N)cc1OC1CCCC(S(C)(=O)=O)C1. The molecule has 0 amide bonds. The Labute approximate surface area is 120 Å². The molecule has 0 radical (unpaired) electrons. The number of hydrogen-bond acceptors (Lipinski definition) is 5. The summed E-state index contributed by atoms with van der Waals surface area (Å²) in [6.45, 7) is 0. The van der Waals surface area contributed by atoms with Crippen molar-refractivity contribution < 1.29 is 17.9 Å². The molecule has 0 aromatic heterocycles. The molecule has 1 aromatic rings. The van der Waals surface area contributed by atoms with E-state index in [4.69, 9.17) is 15.2 Å². The maximum Gasteiger partial charge on any atom is 0.163 e. The molecule has 1 fully saturated rings. The largest absolute Gasteiger partial charge is 0.493 e. The number of benzene rings is 1. The van der Waals surface area contributed by atoms with Crippen LogP contribution in [0.5, 0.6) is 11.5 Å². The average Bonchev–Trinajstić information content (AvgIpc) is 2.38. The van der Waals surface area contributed by atoms with E-state index in [0.717, 1.165) is 12.8 Å². The van der Waals surface area contributed by atoms with Gasteiger partial charge in [0.25, 0.3) is 0 Å². The number of sulfone groups is 1. The van der Waals surface area contributed by atoms with Crippen molar-refractivity contribution in [3.63, 3.8) is 0 Å². The topological polar surface area (TPSA) is 78.6 Å². The monoisotopic (exact) mass is 299 g/mol. The van der Waals surface area contributed by atoms with Gasteiger partial charge >= 0.3 is 0 Å². The van der Waals surface area contributed by atoms with Gasteiger partial charge in [-0.1, -0.05) is 0 Å². The van der Waals surface area contributed by atoms with Gasteiger partial charge in [0.2, 0.25) is 0 Å². The number of ether oxygens (including phenoxy) is 2. The molecule has 2 atom stereocenters. The van der Waals surface area contributed by atoms with Crippen LogP contribution in [0, 0.1) is 0 Å². The van der Waals surface area contributed by atoms with Gasteiger partial charge in [-0.2, -0.15) is 0 Å². The number of nitrogens with two attached hydrogens (primary N) is 1. The van der Waals surface area contributed by atoms with E-state index < -0.39 is 9.84 Å². The zero-order valence-corrected chi connectivity index (χ0v) is 12.7. The fraction of sp³-hybridized carbons (Fsp3) is 0.571. The van der Waals surface area contributed by atoms with E-state index in [2.05, 4.69) is 0 Å². The molecule has 2 N–H and O–H groups in total. The molecule has 1 saturated carbocycles. The maximum atomic E-state index is 11.7. The van der Waals surface area contributed by atoms with Crippen LogP contribution in [-0.4, -0.2) is 33.1 Å². The predicted octanol–water partition coefficient (Wildman–Crippen LogP) is 2.01. The van der Waals surface area contributed by atoms with Gasteiger partial charge in [-0.3, -0.25) is 0 Å². The standard InChI is InChI=1S/C14H21NO4S/c1-18-13-7-6-10(15)8-14(13)19-11-4-3-5-12(9-11)20(2,16)17/h6-8,11-12H,3-5,9,15H2,1-2H3. The maximum absolute atomic E-state index is 11.7. The molecular formula is C14H21NO4S. The summed E-state index contributed by atoms with van der Waals surface area (Å²) in [4.78, 5) is 0. The van der Waals surface area contributed by atoms with Crippen LogP contribution in [0.25, 0.3) is 0 Å². The molecule has 5 nitrogen and oxygen atoms in total. The molecule has 0 saturated heterocycles. The Morgan fingerprint density at radius 1 is 1.25 bits per heavy atom. The minimum absolute atomic E-state index is 0.112. The molecule has 2 rings (SSSR count). The lowest BCUT2D eigenvalue weighted by atomic mass is 9.97. The molecule has 2 unspecified atom stereocenters. The van der Waals surface area contributed by atoms with Crippen molar-refractivity contribution in [1.82, 2.24) is 0 Å². The zero-order chi connectivity index (χ0) is 14.8. The second kappa shape index (κ2) is 5.91. The highest BCUT2D eigenvalue weighted by Gasteiger charge is 2.30. The molecule has 20 heavy (non-hydrogen) atoms. The normalized spacial score (nSPS) is 23.3. The van der Waals surface area contributed by atoms with Crippen molar-refractivity contribution in [2.45, 2.75) is 37.0 Å². The summed E-state index contributed by atoms with van der Waals surface area (Å²) >= 11 is 0. The second-order valence-electron chi connectivity index (χ2n) is 5.27. The first-order chi connectivity index (χ1) is 9.40. The first-order valence-corrected chi connectivity index (χ1v) is 8.64. The first kappa shape index (κ1) is 15.0. The van der Waals surface area contributed by atoms with Gasteiger partial charge in [-0.15, -0.1) is 0 Å². The molecule has 112 valence electrons. The van der Waals surface area contributed by atoms with Gasteiger partial charge in [-0.05, 0) is 31.4 Å². The van der Waals surface area contributed by atoms with Crippen LogP contribution in [0.15, 0.2) is 18.2 Å². The molecule has 6 heteroatoms. The van der Waals surface area contributed by atoms with Gasteiger partial charge in [0, 0.05) is 24.4 Å². The van der Waals surface area contributed by atoms with Crippen LogP contribution in [-0.2, 0) is 9.84 Å². The van der Waals surface area contributed by atoms with Gasteiger partial charge in [0.1, 0.15) is 15.9 Å². The number of anilines is 1. The third kappa shape index (κ3) is 3.56. The van der Waals surface area contributed by atoms with Crippen molar-refractivity contribution in [2.75, 3.05) is 19.1 Å². The molecular weight excluding hydrogens is 278 g/mol. The third-order valence-corrected chi connectivity index (χ3v) is 5.30. The van der Waals surface area contributed by atoms with Crippen molar-refractivity contribution in [2.24, 2.45) is 0 Å². The van der Waals surface area contributed by atoms with Gasteiger partial charge in [0.15, 0.2) is 11.5 Å². The fourth-order valence-corrected chi connectivity index (χ4v) is 3.72. The lowest BCUT2D eigenvalue weighted by Crippen LogP contribution is -2.33. The second-order valence-corrected chi connectivity index (χ2v) is 7.59. The molecule has 0 spiro atoms. The highest BCUT2D eigenvalue weighted by atomic mass is 32.2. The number of nitrogen functional groups attached to an aromatic ring is 1. The highest BCUT2D eigenvalue weighted by Crippen LogP contribution is 2.33. The van der Waals surface area contributed by atoms with E-state index in [1.165, 1.54) is 6.26 Å². The summed E-state index contributed by atoms with van der Waals surface area (Å²) in [5, 5.41) is -0.312. The lowest BCUT2D eigenvalue weighted by Gasteiger charge is -2.29. The van der Waals surface area contributed by atoms with E-state index in [9.17, 15) is 8.42 Å². The number of rotatable bonds is 4. The quantitative estimate of drug-likeness (QED) is 0.860. The smallest absolute Gasteiger partial charge is 0.163 e. The average molecular weight is 299 g/mol. The molecule has 1 aliphatic rings. The van der Waals surface area contributed by atoms with Crippen molar-refractivity contribution in [1.29, 1.82) is 0 Å². The summed E-state index contributed by atoms with van der Waals surface area (Å²) in [5.41, 5.74) is 6.35. The Balaban J connectivity index is 2.12. The minimum Gasteiger partial charge on any atom is -0.493 e. The number of methoxy groups -OCH3 is 1. The van der Waals surface area contributed by atoms with E-state index in [0.29, 0.717) is 30.0 Å². The molecule has 0 aliphatic heterocycles. The van der Waals surface area contributed by atoms with E-state index in [-0.39, 0.29) is 11.4 Å². The van der Waals surface area contributed by atoms with E-state index in [1.807, 2.05) is 0 Å². The third-order valence-electron chi connectivity index (χ3n) is 3.66. The van der Waals surface area contributed by atoms with E-state index >= 15 is 0 Å². The Bertz CT molecular complexity index is 571. The lowest BCUT2D eigenvalue weighted by molar-refractivity contribution is 0.151. The van der Waals surface area contributed by atoms with Crippen LogP contribution < -0.4 is 15.2 Å². The predicted molar refractivity (Wildman–Crippen MR) is 78.9 cm³/mol. The van der Waals surface area contributed by atoms with Crippen LogP contribution in [0.3, 0.4) is 0 Å². The van der Waals surface area contributed by atoms with Crippen molar-refractivity contribution in [3.8, 4) is 11.5 Å². The Hall–Kier alpha value is -1.43. The Morgan fingerprint density at radius 3 is 2.65 bits per heavy atom. The summed E-state index contributed by atoms with van der Waals surface area (Å²) in [5.74, 6) is 1.19. The Morgan fingerprint density at radius 2 is 2.00 bits per heavy atom. The molecule has 1 aliphatic carbocycles. The summed E-state index contributed by atoms with van der Waals surface area (Å²) < 4.78 is 34.5. The zero-order valence-electron chi connectivity index (χ0n) is 11.8. The minimum atomic E-state index is -3.01. The molecule has 0 heterocycles. The van der Waals surface area contributed by atoms with Gasteiger partial charge in [0.05, 0.1) is 12.4 Å². The Kier molecular flexibility index (Phi) is 4.42. The van der Waals surface area contributed by atoms with Crippen LogP contribution in [0.2, 0.25) is 0 Å². The van der Waals surface area contributed by atoms with E-state index in [1.54, 1.807) is 25.3 Å². The van der Waals surface area contributed by atoms with Gasteiger partial charge in [-0.25, -0.2) is 8.42 Å². The number of hydrogen-bond donors (Lipinski definition) is 1. The highest BCUT2D eigenvalue weighted by molar-refractivity contribution is 7.91.